The van der Waals surface area contributed by atoms with E-state index in [-0.39, 0.29) is 16.7 Å². The molecule has 0 aromatic heterocycles. The van der Waals surface area contributed by atoms with Crippen molar-refractivity contribution in [1.82, 2.24) is 0 Å². The first-order chi connectivity index (χ1) is 9.79. The Labute approximate surface area is 123 Å². The molecule has 2 aromatic carbocycles. The van der Waals surface area contributed by atoms with Gasteiger partial charge in [-0.25, -0.2) is 9.18 Å². The van der Waals surface area contributed by atoms with Gasteiger partial charge in [-0.1, -0.05) is 39.0 Å². The van der Waals surface area contributed by atoms with Crippen LogP contribution in [-0.4, -0.2) is 11.1 Å². The molecule has 2 aromatic rings. The highest BCUT2D eigenvalue weighted by atomic mass is 19.1. The van der Waals surface area contributed by atoms with Crippen molar-refractivity contribution in [3.63, 3.8) is 0 Å². The topological polar surface area (TPSA) is 46.5 Å². The van der Waals surface area contributed by atoms with Crippen LogP contribution >= 0.6 is 0 Å². The van der Waals surface area contributed by atoms with Gasteiger partial charge in [-0.05, 0) is 29.7 Å². The fourth-order valence-corrected chi connectivity index (χ4v) is 2.05. The minimum Gasteiger partial charge on any atom is -0.478 e. The molecule has 1 N–H and O–H groups in total. The second-order valence-electron chi connectivity index (χ2n) is 5.79. The lowest BCUT2D eigenvalue weighted by molar-refractivity contribution is 0.0693. The van der Waals surface area contributed by atoms with E-state index in [0.717, 1.165) is 11.6 Å². The Morgan fingerprint density at radius 1 is 1.10 bits per heavy atom. The summed E-state index contributed by atoms with van der Waals surface area (Å²) in [6.45, 7) is 6.12. The van der Waals surface area contributed by atoms with Gasteiger partial charge in [0.2, 0.25) is 0 Å². The van der Waals surface area contributed by atoms with Crippen molar-refractivity contribution in [2.45, 2.75) is 26.2 Å². The zero-order valence-electron chi connectivity index (χ0n) is 12.2. The number of ether oxygens (including phenoxy) is 1. The van der Waals surface area contributed by atoms with Crippen molar-refractivity contribution in [3.8, 4) is 11.5 Å². The summed E-state index contributed by atoms with van der Waals surface area (Å²) in [5.74, 6) is -1.14. The Hall–Kier alpha value is -2.36. The van der Waals surface area contributed by atoms with Crippen molar-refractivity contribution in [3.05, 3.63) is 59.4 Å². The smallest absolute Gasteiger partial charge is 0.339 e. The van der Waals surface area contributed by atoms with Gasteiger partial charge in [-0.2, -0.15) is 0 Å². The molecule has 3 nitrogen and oxygen atoms in total. The molecule has 0 unspecified atom stereocenters. The Balaban J connectivity index is 2.47. The van der Waals surface area contributed by atoms with Crippen molar-refractivity contribution >= 4 is 5.97 Å². The minimum atomic E-state index is -1.22. The van der Waals surface area contributed by atoms with Crippen LogP contribution in [0.25, 0.3) is 0 Å². The summed E-state index contributed by atoms with van der Waals surface area (Å²) in [7, 11) is 0. The molecule has 0 saturated heterocycles. The van der Waals surface area contributed by atoms with E-state index in [2.05, 4.69) is 0 Å². The van der Waals surface area contributed by atoms with Crippen LogP contribution in [0.1, 0.15) is 36.7 Å². The highest BCUT2D eigenvalue weighted by Gasteiger charge is 2.20. The standard InChI is InChI=1S/C17H17FO3/c1-17(2,3)13-6-4-5-7-15(13)21-14-9-8-11(18)10-12(14)16(19)20/h4-10H,1-3H3,(H,19,20). The zero-order chi connectivity index (χ0) is 15.6. The molecule has 0 aliphatic carbocycles. The summed E-state index contributed by atoms with van der Waals surface area (Å²) >= 11 is 0. The number of rotatable bonds is 3. The highest BCUT2D eigenvalue weighted by Crippen LogP contribution is 2.35. The van der Waals surface area contributed by atoms with Crippen LogP contribution in [0.5, 0.6) is 11.5 Å². The van der Waals surface area contributed by atoms with Crippen LogP contribution in [-0.2, 0) is 5.41 Å². The van der Waals surface area contributed by atoms with Gasteiger partial charge in [0, 0.05) is 5.56 Å². The van der Waals surface area contributed by atoms with Crippen LogP contribution in [0.3, 0.4) is 0 Å². The number of hydrogen-bond acceptors (Lipinski definition) is 2. The Kier molecular flexibility index (Phi) is 3.98. The Morgan fingerprint density at radius 2 is 1.76 bits per heavy atom. The molecule has 0 radical (unpaired) electrons. The van der Waals surface area contributed by atoms with E-state index in [1.54, 1.807) is 6.07 Å². The Bertz CT molecular complexity index is 672. The van der Waals surface area contributed by atoms with Gasteiger partial charge in [-0.15, -0.1) is 0 Å². The van der Waals surface area contributed by atoms with Crippen LogP contribution in [0.2, 0.25) is 0 Å². The first kappa shape index (κ1) is 15.0. The largest absolute Gasteiger partial charge is 0.478 e. The van der Waals surface area contributed by atoms with Crippen LogP contribution in [0.4, 0.5) is 4.39 Å². The van der Waals surface area contributed by atoms with Crippen molar-refractivity contribution < 1.29 is 19.0 Å². The molecule has 0 bridgehead atoms. The van der Waals surface area contributed by atoms with E-state index in [4.69, 9.17) is 9.84 Å². The van der Waals surface area contributed by atoms with Crippen LogP contribution in [0.15, 0.2) is 42.5 Å². The van der Waals surface area contributed by atoms with Crippen molar-refractivity contribution in [1.29, 1.82) is 0 Å². The maximum atomic E-state index is 13.2. The molecule has 110 valence electrons. The summed E-state index contributed by atoms with van der Waals surface area (Å²) in [6, 6.07) is 10.9. The predicted molar refractivity (Wildman–Crippen MR) is 78.6 cm³/mol. The molecule has 0 spiro atoms. The SMILES string of the molecule is CC(C)(C)c1ccccc1Oc1ccc(F)cc1C(=O)O. The summed E-state index contributed by atoms with van der Waals surface area (Å²) in [6.07, 6.45) is 0. The normalized spacial score (nSPS) is 11.2. The molecule has 21 heavy (non-hydrogen) atoms. The zero-order valence-corrected chi connectivity index (χ0v) is 12.2. The third-order valence-electron chi connectivity index (χ3n) is 3.09. The molecule has 0 aliphatic rings. The third-order valence-corrected chi connectivity index (χ3v) is 3.09. The number of carboxylic acids is 1. The first-order valence-corrected chi connectivity index (χ1v) is 6.59. The molecular formula is C17H17FO3. The van der Waals surface area contributed by atoms with Gasteiger partial charge in [0.25, 0.3) is 0 Å². The van der Waals surface area contributed by atoms with Crippen molar-refractivity contribution in [2.24, 2.45) is 0 Å². The lowest BCUT2D eigenvalue weighted by Gasteiger charge is -2.22. The van der Waals surface area contributed by atoms with Crippen LogP contribution in [0, 0.1) is 5.82 Å². The maximum Gasteiger partial charge on any atom is 0.339 e. The summed E-state index contributed by atoms with van der Waals surface area (Å²) in [5, 5.41) is 9.15. The average Bonchev–Trinajstić information content (AvgIpc) is 2.40. The van der Waals surface area contributed by atoms with Gasteiger partial charge in [0.15, 0.2) is 0 Å². The van der Waals surface area contributed by atoms with E-state index >= 15 is 0 Å². The highest BCUT2D eigenvalue weighted by molar-refractivity contribution is 5.91. The molecule has 0 saturated carbocycles. The number of carbonyl (C=O) groups is 1. The lowest BCUT2D eigenvalue weighted by atomic mass is 9.86. The van der Waals surface area contributed by atoms with Crippen LogP contribution < -0.4 is 4.74 Å². The number of para-hydroxylation sites is 1. The van der Waals surface area contributed by atoms with Gasteiger partial charge in [0.05, 0.1) is 0 Å². The molecule has 2 rings (SSSR count). The third kappa shape index (κ3) is 3.40. The fraction of sp³-hybridized carbons (Fsp3) is 0.235. The molecule has 0 amide bonds. The van der Waals surface area contributed by atoms with Gasteiger partial charge < -0.3 is 9.84 Å². The summed E-state index contributed by atoms with van der Waals surface area (Å²) < 4.78 is 18.9. The second kappa shape index (κ2) is 5.56. The summed E-state index contributed by atoms with van der Waals surface area (Å²) in [4.78, 5) is 11.2. The lowest BCUT2D eigenvalue weighted by Crippen LogP contribution is -2.12. The van der Waals surface area contributed by atoms with E-state index in [1.807, 2.05) is 39.0 Å². The molecule has 0 aliphatic heterocycles. The first-order valence-electron chi connectivity index (χ1n) is 6.59. The van der Waals surface area contributed by atoms with E-state index in [9.17, 15) is 9.18 Å². The van der Waals surface area contributed by atoms with Gasteiger partial charge >= 0.3 is 5.97 Å². The number of aromatic carboxylic acids is 1. The van der Waals surface area contributed by atoms with Crippen molar-refractivity contribution in [2.75, 3.05) is 0 Å². The quantitative estimate of drug-likeness (QED) is 0.896. The molecule has 0 heterocycles. The predicted octanol–water partition coefficient (Wildman–Crippen LogP) is 4.61. The number of halogens is 1. The van der Waals surface area contributed by atoms with E-state index < -0.39 is 11.8 Å². The second-order valence-corrected chi connectivity index (χ2v) is 5.79. The Morgan fingerprint density at radius 3 is 2.38 bits per heavy atom. The fourth-order valence-electron chi connectivity index (χ4n) is 2.05. The molecule has 4 heteroatoms. The van der Waals surface area contributed by atoms with E-state index in [1.165, 1.54) is 12.1 Å². The maximum absolute atomic E-state index is 13.2. The number of benzene rings is 2. The monoisotopic (exact) mass is 288 g/mol. The number of hydrogen-bond donors (Lipinski definition) is 1. The molecule has 0 atom stereocenters. The molecule has 0 fully saturated rings. The number of carboxylic acid groups (broad SMARTS) is 1. The average molecular weight is 288 g/mol. The summed E-state index contributed by atoms with van der Waals surface area (Å²) in [5.41, 5.74) is 0.601. The van der Waals surface area contributed by atoms with Gasteiger partial charge in [0.1, 0.15) is 22.9 Å². The minimum absolute atomic E-state index is 0.126. The van der Waals surface area contributed by atoms with Gasteiger partial charge in [-0.3, -0.25) is 0 Å². The molecular weight excluding hydrogens is 271 g/mol. The van der Waals surface area contributed by atoms with E-state index in [0.29, 0.717) is 5.75 Å².